The summed E-state index contributed by atoms with van der Waals surface area (Å²) in [7, 11) is 0. The second kappa shape index (κ2) is 4.99. The first kappa shape index (κ1) is 12.9. The van der Waals surface area contributed by atoms with E-state index in [0.29, 0.717) is 11.3 Å². The zero-order valence-corrected chi connectivity index (χ0v) is 10.8. The molecule has 4 heteroatoms. The molecule has 0 aliphatic carbocycles. The van der Waals surface area contributed by atoms with Crippen molar-refractivity contribution in [3.63, 3.8) is 0 Å². The van der Waals surface area contributed by atoms with Gasteiger partial charge in [0.05, 0.1) is 5.92 Å². The van der Waals surface area contributed by atoms with E-state index in [9.17, 15) is 10.1 Å². The molecule has 0 radical (unpaired) electrons. The number of ether oxygens (including phenoxy) is 1. The Morgan fingerprint density at radius 2 is 2.00 bits per heavy atom. The third-order valence-electron chi connectivity index (χ3n) is 3.12. The van der Waals surface area contributed by atoms with Gasteiger partial charge >= 0.3 is 0 Å². The maximum absolute atomic E-state index is 11.9. The number of allylic oxidation sites excluding steroid dienone is 3. The number of ketones is 1. The van der Waals surface area contributed by atoms with Gasteiger partial charge in [-0.15, -0.1) is 0 Å². The summed E-state index contributed by atoms with van der Waals surface area (Å²) < 4.78 is 5.31. The molecular weight excluding hydrogens is 240 g/mol. The average molecular weight is 254 g/mol. The molecule has 1 aliphatic rings. The largest absolute Gasteiger partial charge is 0.445 e. The molecule has 1 atom stereocenters. The maximum atomic E-state index is 11.9. The summed E-state index contributed by atoms with van der Waals surface area (Å²) in [6.45, 7) is 3.16. The van der Waals surface area contributed by atoms with Crippen molar-refractivity contribution < 1.29 is 9.53 Å². The van der Waals surface area contributed by atoms with E-state index in [1.807, 2.05) is 30.3 Å². The highest BCUT2D eigenvalue weighted by atomic mass is 16.5. The van der Waals surface area contributed by atoms with Gasteiger partial charge in [0.15, 0.2) is 5.78 Å². The van der Waals surface area contributed by atoms with Crippen molar-refractivity contribution in [2.45, 2.75) is 19.8 Å². The minimum absolute atomic E-state index is 0.0684. The Morgan fingerprint density at radius 1 is 1.37 bits per heavy atom. The van der Waals surface area contributed by atoms with Crippen molar-refractivity contribution in [3.8, 4) is 6.07 Å². The lowest BCUT2D eigenvalue weighted by Crippen LogP contribution is -2.23. The fourth-order valence-electron chi connectivity index (χ4n) is 2.31. The topological polar surface area (TPSA) is 76.1 Å². The summed E-state index contributed by atoms with van der Waals surface area (Å²) in [5, 5.41) is 9.28. The predicted octanol–water partition coefficient (Wildman–Crippen LogP) is 2.36. The summed E-state index contributed by atoms with van der Waals surface area (Å²) in [5.41, 5.74) is 7.38. The van der Waals surface area contributed by atoms with Crippen LogP contribution < -0.4 is 5.73 Å². The van der Waals surface area contributed by atoms with Crippen LogP contribution in [0.4, 0.5) is 0 Å². The second-order valence-corrected chi connectivity index (χ2v) is 4.36. The number of nitriles is 1. The molecule has 0 unspecified atom stereocenters. The van der Waals surface area contributed by atoms with Crippen LogP contribution in [-0.2, 0) is 9.53 Å². The average Bonchev–Trinajstić information content (AvgIpc) is 2.38. The first-order valence-corrected chi connectivity index (χ1v) is 5.90. The van der Waals surface area contributed by atoms with Crippen LogP contribution in [0.3, 0.4) is 0 Å². The van der Waals surface area contributed by atoms with Crippen LogP contribution in [0.1, 0.15) is 25.3 Å². The van der Waals surface area contributed by atoms with Gasteiger partial charge in [-0.3, -0.25) is 4.79 Å². The first-order chi connectivity index (χ1) is 9.06. The summed E-state index contributed by atoms with van der Waals surface area (Å²) in [6, 6.07) is 11.4. The lowest BCUT2D eigenvalue weighted by Gasteiger charge is -2.26. The number of Topliss-reactive ketones (excluding diaryl/α,β-unsaturated/α-hetero) is 1. The smallest absolute Gasteiger partial charge is 0.205 e. The fourth-order valence-corrected chi connectivity index (χ4v) is 2.31. The molecule has 1 aliphatic heterocycles. The van der Waals surface area contributed by atoms with Crippen molar-refractivity contribution in [3.05, 3.63) is 58.7 Å². The highest BCUT2D eigenvalue weighted by molar-refractivity contribution is 5.96. The molecule has 1 heterocycles. The second-order valence-electron chi connectivity index (χ2n) is 4.36. The molecule has 0 aromatic heterocycles. The van der Waals surface area contributed by atoms with Gasteiger partial charge in [0, 0.05) is 5.57 Å². The Balaban J connectivity index is 2.65. The zero-order chi connectivity index (χ0) is 14.0. The number of nitrogens with two attached hydrogens (primary N) is 1. The molecule has 0 amide bonds. The van der Waals surface area contributed by atoms with Gasteiger partial charge in [0.25, 0.3) is 0 Å². The number of nitrogens with zero attached hydrogens (tertiary/aromatic N) is 1. The molecule has 96 valence electrons. The van der Waals surface area contributed by atoms with Crippen molar-refractivity contribution >= 4 is 5.78 Å². The van der Waals surface area contributed by atoms with Gasteiger partial charge in [-0.05, 0) is 19.4 Å². The Bertz CT molecular complexity index is 621. The lowest BCUT2D eigenvalue weighted by atomic mass is 9.81. The third kappa shape index (κ3) is 2.23. The van der Waals surface area contributed by atoms with E-state index in [2.05, 4.69) is 6.07 Å². The van der Waals surface area contributed by atoms with Crippen molar-refractivity contribution in [1.82, 2.24) is 0 Å². The van der Waals surface area contributed by atoms with Crippen molar-refractivity contribution in [2.24, 2.45) is 5.73 Å². The van der Waals surface area contributed by atoms with Gasteiger partial charge in [0.2, 0.25) is 5.88 Å². The quantitative estimate of drug-likeness (QED) is 0.878. The monoisotopic (exact) mass is 254 g/mol. The summed E-state index contributed by atoms with van der Waals surface area (Å²) >= 11 is 0. The SMILES string of the molecule is CC(=O)C1=C(C)OC(N)=C(C#N)[C@@H]1c1ccccc1. The number of hydrogen-bond donors (Lipinski definition) is 1. The van der Waals surface area contributed by atoms with Crippen LogP contribution in [0.5, 0.6) is 0 Å². The normalized spacial score (nSPS) is 18.9. The standard InChI is InChI=1S/C15H14N2O2/c1-9(18)13-10(2)19-15(17)12(8-16)14(13)11-6-4-3-5-7-11/h3-7,14H,17H2,1-2H3/t14-/m0/s1. The maximum Gasteiger partial charge on any atom is 0.205 e. The predicted molar refractivity (Wildman–Crippen MR) is 70.5 cm³/mol. The molecule has 1 aromatic carbocycles. The number of rotatable bonds is 2. The molecular formula is C15H14N2O2. The summed E-state index contributed by atoms with van der Waals surface area (Å²) in [5.74, 6) is -0.0410. The highest BCUT2D eigenvalue weighted by Gasteiger charge is 2.33. The molecule has 1 aromatic rings. The molecule has 0 saturated carbocycles. The molecule has 0 bridgehead atoms. The highest BCUT2D eigenvalue weighted by Crippen LogP contribution is 2.38. The van der Waals surface area contributed by atoms with E-state index in [4.69, 9.17) is 10.5 Å². The lowest BCUT2D eigenvalue weighted by molar-refractivity contribution is -0.114. The van der Waals surface area contributed by atoms with E-state index in [-0.39, 0.29) is 17.2 Å². The molecule has 2 N–H and O–H groups in total. The van der Waals surface area contributed by atoms with E-state index in [1.54, 1.807) is 6.92 Å². The van der Waals surface area contributed by atoms with Crippen LogP contribution in [0, 0.1) is 11.3 Å². The van der Waals surface area contributed by atoms with Gasteiger partial charge in [-0.2, -0.15) is 5.26 Å². The molecule has 0 saturated heterocycles. The van der Waals surface area contributed by atoms with Crippen molar-refractivity contribution in [1.29, 1.82) is 5.26 Å². The minimum Gasteiger partial charge on any atom is -0.445 e. The van der Waals surface area contributed by atoms with E-state index in [0.717, 1.165) is 5.56 Å². The molecule has 19 heavy (non-hydrogen) atoms. The van der Waals surface area contributed by atoms with Crippen molar-refractivity contribution in [2.75, 3.05) is 0 Å². The van der Waals surface area contributed by atoms with E-state index < -0.39 is 5.92 Å². The molecule has 0 fully saturated rings. The number of hydrogen-bond acceptors (Lipinski definition) is 4. The van der Waals surface area contributed by atoms with Gasteiger partial charge in [-0.1, -0.05) is 30.3 Å². The van der Waals surface area contributed by atoms with Gasteiger partial charge in [0.1, 0.15) is 17.4 Å². The summed E-state index contributed by atoms with van der Waals surface area (Å²) in [6.07, 6.45) is 0. The zero-order valence-electron chi connectivity index (χ0n) is 10.8. The van der Waals surface area contributed by atoms with Crippen LogP contribution in [0.15, 0.2) is 53.1 Å². The van der Waals surface area contributed by atoms with E-state index >= 15 is 0 Å². The Hall–Kier alpha value is -2.54. The van der Waals surface area contributed by atoms with Gasteiger partial charge in [-0.25, -0.2) is 0 Å². The Kier molecular flexibility index (Phi) is 3.39. The fraction of sp³-hybridized carbons (Fsp3) is 0.200. The number of carbonyl (C=O) groups is 1. The summed E-state index contributed by atoms with van der Waals surface area (Å²) in [4.78, 5) is 11.9. The minimum atomic E-state index is -0.447. The van der Waals surface area contributed by atoms with Crippen LogP contribution >= 0.6 is 0 Å². The number of benzene rings is 1. The van der Waals surface area contributed by atoms with Crippen LogP contribution in [0.2, 0.25) is 0 Å². The molecule has 2 rings (SSSR count). The molecule has 0 spiro atoms. The number of carbonyl (C=O) groups excluding carboxylic acids is 1. The van der Waals surface area contributed by atoms with Crippen LogP contribution in [0.25, 0.3) is 0 Å². The third-order valence-corrected chi connectivity index (χ3v) is 3.12. The Morgan fingerprint density at radius 3 is 2.53 bits per heavy atom. The van der Waals surface area contributed by atoms with Crippen LogP contribution in [-0.4, -0.2) is 5.78 Å². The first-order valence-electron chi connectivity index (χ1n) is 5.90. The van der Waals surface area contributed by atoms with Gasteiger partial charge < -0.3 is 10.5 Å². The molecule has 4 nitrogen and oxygen atoms in total. The Labute approximate surface area is 111 Å². The van der Waals surface area contributed by atoms with E-state index in [1.165, 1.54) is 6.92 Å².